The molecule has 1 aliphatic carbocycles. The molecule has 3 N–H and O–H groups in total. The van der Waals surface area contributed by atoms with Crippen molar-refractivity contribution in [3.8, 4) is 0 Å². The first kappa shape index (κ1) is 15.6. The van der Waals surface area contributed by atoms with Crippen molar-refractivity contribution in [2.24, 2.45) is 5.92 Å². The van der Waals surface area contributed by atoms with E-state index < -0.39 is 0 Å². The van der Waals surface area contributed by atoms with Crippen molar-refractivity contribution < 1.29 is 9.59 Å². The third-order valence-corrected chi connectivity index (χ3v) is 4.48. The smallest absolute Gasteiger partial charge is 0.251 e. The molecule has 1 aliphatic rings. The van der Waals surface area contributed by atoms with Crippen LogP contribution in [0, 0.1) is 5.92 Å². The van der Waals surface area contributed by atoms with Crippen LogP contribution in [-0.4, -0.2) is 29.9 Å². The summed E-state index contributed by atoms with van der Waals surface area (Å²) < 4.78 is 0. The Kier molecular flexibility index (Phi) is 4.37. The zero-order chi connectivity index (χ0) is 16.4. The quantitative estimate of drug-likeness (QED) is 0.757. The minimum absolute atomic E-state index is 0.0891. The van der Waals surface area contributed by atoms with Crippen LogP contribution >= 0.6 is 0 Å². The van der Waals surface area contributed by atoms with Crippen LogP contribution in [0.15, 0.2) is 18.2 Å². The molecule has 1 aromatic carbocycles. The Morgan fingerprint density at radius 2 is 2.04 bits per heavy atom. The number of rotatable bonds is 4. The van der Waals surface area contributed by atoms with Crippen molar-refractivity contribution in [3.05, 3.63) is 35.0 Å². The van der Waals surface area contributed by atoms with E-state index in [1.807, 2.05) is 18.2 Å². The third kappa shape index (κ3) is 3.38. The van der Waals surface area contributed by atoms with Gasteiger partial charge in [0.15, 0.2) is 0 Å². The largest absolute Gasteiger partial charge is 0.358 e. The van der Waals surface area contributed by atoms with Gasteiger partial charge in [0.25, 0.3) is 5.91 Å². The molecule has 0 spiro atoms. The van der Waals surface area contributed by atoms with Crippen LogP contribution in [-0.2, 0) is 17.6 Å². The molecule has 0 saturated carbocycles. The number of benzene rings is 1. The lowest BCUT2D eigenvalue weighted by Crippen LogP contribution is -2.33. The van der Waals surface area contributed by atoms with E-state index in [1.165, 1.54) is 30.0 Å². The lowest BCUT2D eigenvalue weighted by Gasteiger charge is -2.18. The molecule has 0 radical (unpaired) electrons. The maximum Gasteiger partial charge on any atom is 0.251 e. The SMILES string of the molecule is CC(=O)NCCNC(=O)c1ccc2[nH]c3c(c2c1)C[C@H](C)CC3. The van der Waals surface area contributed by atoms with Crippen molar-refractivity contribution in [1.29, 1.82) is 0 Å². The number of H-pyrrole nitrogens is 1. The number of carbonyl (C=O) groups is 2. The van der Waals surface area contributed by atoms with Crippen LogP contribution in [0.1, 0.15) is 41.9 Å². The molecule has 2 aromatic rings. The van der Waals surface area contributed by atoms with E-state index in [2.05, 4.69) is 22.5 Å². The number of hydrogen-bond donors (Lipinski definition) is 3. The maximum absolute atomic E-state index is 12.3. The molecule has 5 nitrogen and oxygen atoms in total. The molecule has 0 unspecified atom stereocenters. The maximum atomic E-state index is 12.3. The molecule has 0 fully saturated rings. The van der Waals surface area contributed by atoms with Crippen molar-refractivity contribution in [2.45, 2.75) is 33.1 Å². The molecule has 1 atom stereocenters. The van der Waals surface area contributed by atoms with E-state index in [0.717, 1.165) is 18.4 Å². The molecular weight excluding hydrogens is 290 g/mol. The fourth-order valence-corrected chi connectivity index (χ4v) is 3.25. The number of fused-ring (bicyclic) bond motifs is 3. The summed E-state index contributed by atoms with van der Waals surface area (Å²) in [4.78, 5) is 26.6. The zero-order valence-corrected chi connectivity index (χ0v) is 13.7. The fourth-order valence-electron chi connectivity index (χ4n) is 3.25. The van der Waals surface area contributed by atoms with Gasteiger partial charge in [-0.3, -0.25) is 9.59 Å². The van der Waals surface area contributed by atoms with E-state index in [1.54, 1.807) is 0 Å². The van der Waals surface area contributed by atoms with Crippen LogP contribution in [0.5, 0.6) is 0 Å². The fraction of sp³-hybridized carbons (Fsp3) is 0.444. The van der Waals surface area contributed by atoms with Gasteiger partial charge in [0, 0.05) is 42.2 Å². The lowest BCUT2D eigenvalue weighted by molar-refractivity contribution is -0.118. The van der Waals surface area contributed by atoms with Gasteiger partial charge in [0.2, 0.25) is 5.91 Å². The van der Waals surface area contributed by atoms with Gasteiger partial charge in [-0.2, -0.15) is 0 Å². The molecule has 2 amide bonds. The van der Waals surface area contributed by atoms with Crippen LogP contribution in [0.3, 0.4) is 0 Å². The van der Waals surface area contributed by atoms with Gasteiger partial charge in [-0.1, -0.05) is 6.92 Å². The molecule has 23 heavy (non-hydrogen) atoms. The second-order valence-electron chi connectivity index (χ2n) is 6.43. The summed E-state index contributed by atoms with van der Waals surface area (Å²) in [5.74, 6) is 0.501. The minimum atomic E-state index is -0.101. The second-order valence-corrected chi connectivity index (χ2v) is 6.43. The number of amides is 2. The molecule has 0 aliphatic heterocycles. The van der Waals surface area contributed by atoms with Crippen LogP contribution in [0.4, 0.5) is 0 Å². The Hall–Kier alpha value is -2.30. The average Bonchev–Trinajstić information content (AvgIpc) is 2.88. The average molecular weight is 313 g/mol. The highest BCUT2D eigenvalue weighted by atomic mass is 16.2. The Balaban J connectivity index is 1.75. The van der Waals surface area contributed by atoms with Crippen LogP contribution < -0.4 is 10.6 Å². The molecule has 0 saturated heterocycles. The highest BCUT2D eigenvalue weighted by Gasteiger charge is 2.20. The monoisotopic (exact) mass is 313 g/mol. The minimum Gasteiger partial charge on any atom is -0.358 e. The Morgan fingerprint density at radius 3 is 2.83 bits per heavy atom. The number of carbonyl (C=O) groups excluding carboxylic acids is 2. The Morgan fingerprint density at radius 1 is 1.26 bits per heavy atom. The van der Waals surface area contributed by atoms with Crippen LogP contribution in [0.25, 0.3) is 10.9 Å². The van der Waals surface area contributed by atoms with Gasteiger partial charge in [-0.05, 0) is 48.9 Å². The summed E-state index contributed by atoms with van der Waals surface area (Å²) in [6.07, 6.45) is 3.38. The van der Waals surface area contributed by atoms with E-state index in [0.29, 0.717) is 24.6 Å². The summed E-state index contributed by atoms with van der Waals surface area (Å²) in [7, 11) is 0. The van der Waals surface area contributed by atoms with Crippen molar-refractivity contribution in [2.75, 3.05) is 13.1 Å². The molecular formula is C18H23N3O2. The highest BCUT2D eigenvalue weighted by molar-refractivity contribution is 5.99. The van der Waals surface area contributed by atoms with Crippen LogP contribution in [0.2, 0.25) is 0 Å². The molecule has 1 aromatic heterocycles. The first-order valence-electron chi connectivity index (χ1n) is 8.20. The molecule has 3 rings (SSSR count). The Labute approximate surface area is 135 Å². The number of aromatic amines is 1. The van der Waals surface area contributed by atoms with Gasteiger partial charge < -0.3 is 15.6 Å². The topological polar surface area (TPSA) is 74.0 Å². The third-order valence-electron chi connectivity index (χ3n) is 4.48. The lowest BCUT2D eigenvalue weighted by atomic mass is 9.87. The number of aryl methyl sites for hydroxylation is 1. The summed E-state index contributed by atoms with van der Waals surface area (Å²) in [6, 6.07) is 5.82. The number of nitrogens with one attached hydrogen (secondary N) is 3. The molecule has 1 heterocycles. The predicted octanol–water partition coefficient (Wildman–Crippen LogP) is 2.16. The van der Waals surface area contributed by atoms with Gasteiger partial charge in [0.05, 0.1) is 0 Å². The van der Waals surface area contributed by atoms with Gasteiger partial charge in [0.1, 0.15) is 0 Å². The van der Waals surface area contributed by atoms with Crippen molar-refractivity contribution in [3.63, 3.8) is 0 Å². The molecule has 5 heteroatoms. The first-order chi connectivity index (χ1) is 11.0. The standard InChI is InChI=1S/C18H23N3O2/c1-11-3-5-16-14(9-11)15-10-13(4-6-17(15)21-16)18(23)20-8-7-19-12(2)22/h4,6,10-11,21H,3,5,7-9H2,1-2H3,(H,19,22)(H,20,23)/t11-/m1/s1. The van der Waals surface area contributed by atoms with Crippen molar-refractivity contribution >= 4 is 22.7 Å². The molecule has 122 valence electrons. The first-order valence-corrected chi connectivity index (χ1v) is 8.20. The zero-order valence-electron chi connectivity index (χ0n) is 13.7. The van der Waals surface area contributed by atoms with Gasteiger partial charge >= 0.3 is 0 Å². The van der Waals surface area contributed by atoms with Gasteiger partial charge in [-0.25, -0.2) is 0 Å². The van der Waals surface area contributed by atoms with Gasteiger partial charge in [-0.15, -0.1) is 0 Å². The van der Waals surface area contributed by atoms with E-state index in [9.17, 15) is 9.59 Å². The summed E-state index contributed by atoms with van der Waals surface area (Å²) >= 11 is 0. The highest BCUT2D eigenvalue weighted by Crippen LogP contribution is 2.32. The summed E-state index contributed by atoms with van der Waals surface area (Å²) in [5, 5.41) is 6.67. The van der Waals surface area contributed by atoms with E-state index in [4.69, 9.17) is 0 Å². The predicted molar refractivity (Wildman–Crippen MR) is 90.5 cm³/mol. The summed E-state index contributed by atoms with van der Waals surface area (Å²) in [6.45, 7) is 4.62. The normalized spacial score (nSPS) is 16.9. The summed E-state index contributed by atoms with van der Waals surface area (Å²) in [5.41, 5.74) is 4.47. The van der Waals surface area contributed by atoms with E-state index >= 15 is 0 Å². The molecule has 0 bridgehead atoms. The second kappa shape index (κ2) is 6.44. The Bertz CT molecular complexity index is 748. The van der Waals surface area contributed by atoms with Crippen molar-refractivity contribution in [1.82, 2.24) is 15.6 Å². The van der Waals surface area contributed by atoms with E-state index in [-0.39, 0.29) is 11.8 Å². The number of aromatic nitrogens is 1. The number of hydrogen-bond acceptors (Lipinski definition) is 2.